The van der Waals surface area contributed by atoms with Crippen LogP contribution in [0, 0.1) is 5.92 Å². The van der Waals surface area contributed by atoms with Gasteiger partial charge in [-0.2, -0.15) is 0 Å². The fraction of sp³-hybridized carbons (Fsp3) is 0.900. The lowest BCUT2D eigenvalue weighted by atomic mass is 10.2. The van der Waals surface area contributed by atoms with Crippen molar-refractivity contribution in [1.29, 1.82) is 0 Å². The SMILES string of the molecule is CCOCC(C)NC(=S)NCC(C)C. The second kappa shape index (κ2) is 8.00. The minimum atomic E-state index is 0.266. The predicted molar refractivity (Wildman–Crippen MR) is 64.5 cm³/mol. The lowest BCUT2D eigenvalue weighted by molar-refractivity contribution is 0.132. The first kappa shape index (κ1) is 13.7. The summed E-state index contributed by atoms with van der Waals surface area (Å²) < 4.78 is 5.27. The van der Waals surface area contributed by atoms with Crippen LogP contribution in [0.25, 0.3) is 0 Å². The third kappa shape index (κ3) is 8.26. The van der Waals surface area contributed by atoms with Gasteiger partial charge in [0.05, 0.1) is 6.61 Å². The van der Waals surface area contributed by atoms with Crippen molar-refractivity contribution in [1.82, 2.24) is 10.6 Å². The van der Waals surface area contributed by atoms with Gasteiger partial charge < -0.3 is 15.4 Å². The maximum Gasteiger partial charge on any atom is 0.166 e. The Morgan fingerprint density at radius 3 is 2.50 bits per heavy atom. The molecule has 0 amide bonds. The first-order chi connectivity index (χ1) is 6.56. The normalized spacial score (nSPS) is 12.6. The van der Waals surface area contributed by atoms with Gasteiger partial charge in [-0.3, -0.25) is 0 Å². The van der Waals surface area contributed by atoms with Crippen LogP contribution in [0.2, 0.25) is 0 Å². The molecule has 0 fully saturated rings. The quantitative estimate of drug-likeness (QED) is 0.663. The highest BCUT2D eigenvalue weighted by molar-refractivity contribution is 7.80. The molecule has 0 rings (SSSR count). The van der Waals surface area contributed by atoms with E-state index in [9.17, 15) is 0 Å². The monoisotopic (exact) mass is 218 g/mol. The van der Waals surface area contributed by atoms with E-state index >= 15 is 0 Å². The Morgan fingerprint density at radius 2 is 2.00 bits per heavy atom. The van der Waals surface area contributed by atoms with Crippen LogP contribution >= 0.6 is 12.2 Å². The summed E-state index contributed by atoms with van der Waals surface area (Å²) in [6.07, 6.45) is 0. The topological polar surface area (TPSA) is 33.3 Å². The van der Waals surface area contributed by atoms with E-state index in [1.54, 1.807) is 0 Å². The van der Waals surface area contributed by atoms with E-state index in [4.69, 9.17) is 17.0 Å². The number of ether oxygens (including phenoxy) is 1. The van der Waals surface area contributed by atoms with Crippen molar-refractivity contribution in [3.05, 3.63) is 0 Å². The zero-order valence-corrected chi connectivity index (χ0v) is 10.4. The molecule has 0 spiro atoms. The van der Waals surface area contributed by atoms with Gasteiger partial charge in [-0.25, -0.2) is 0 Å². The van der Waals surface area contributed by atoms with Crippen LogP contribution in [-0.2, 0) is 4.74 Å². The van der Waals surface area contributed by atoms with Gasteiger partial charge in [0, 0.05) is 19.2 Å². The van der Waals surface area contributed by atoms with Crippen LogP contribution < -0.4 is 10.6 Å². The summed E-state index contributed by atoms with van der Waals surface area (Å²) in [7, 11) is 0. The molecule has 0 aliphatic heterocycles. The highest BCUT2D eigenvalue weighted by atomic mass is 32.1. The van der Waals surface area contributed by atoms with Gasteiger partial charge >= 0.3 is 0 Å². The molecule has 84 valence electrons. The third-order valence-electron chi connectivity index (χ3n) is 1.62. The van der Waals surface area contributed by atoms with Crippen molar-refractivity contribution in [2.45, 2.75) is 33.7 Å². The Kier molecular flexibility index (Phi) is 7.80. The first-order valence-electron chi connectivity index (χ1n) is 5.18. The van der Waals surface area contributed by atoms with Crippen molar-refractivity contribution in [2.75, 3.05) is 19.8 Å². The van der Waals surface area contributed by atoms with E-state index in [1.165, 1.54) is 0 Å². The van der Waals surface area contributed by atoms with Crippen molar-refractivity contribution in [3.8, 4) is 0 Å². The average Bonchev–Trinajstić information content (AvgIpc) is 2.11. The molecule has 4 heteroatoms. The van der Waals surface area contributed by atoms with E-state index < -0.39 is 0 Å². The van der Waals surface area contributed by atoms with E-state index in [2.05, 4.69) is 31.4 Å². The second-order valence-corrected chi connectivity index (χ2v) is 4.22. The highest BCUT2D eigenvalue weighted by Gasteiger charge is 2.03. The number of rotatable bonds is 6. The van der Waals surface area contributed by atoms with Crippen molar-refractivity contribution < 1.29 is 4.74 Å². The Bertz CT molecular complexity index is 162. The van der Waals surface area contributed by atoms with Crippen molar-refractivity contribution >= 4 is 17.3 Å². The summed E-state index contributed by atoms with van der Waals surface area (Å²) >= 11 is 5.12. The number of hydrogen-bond acceptors (Lipinski definition) is 2. The molecular formula is C10H22N2OS. The Hall–Kier alpha value is -0.350. The largest absolute Gasteiger partial charge is 0.380 e. The Labute approximate surface area is 92.6 Å². The molecule has 0 bridgehead atoms. The summed E-state index contributed by atoms with van der Waals surface area (Å²) in [5.41, 5.74) is 0. The fourth-order valence-corrected chi connectivity index (χ4v) is 1.19. The molecule has 0 aromatic carbocycles. The van der Waals surface area contributed by atoms with Crippen LogP contribution in [0.4, 0.5) is 0 Å². The molecule has 1 atom stereocenters. The van der Waals surface area contributed by atoms with Gasteiger partial charge in [0.2, 0.25) is 0 Å². The summed E-state index contributed by atoms with van der Waals surface area (Å²) in [6, 6.07) is 0.266. The summed E-state index contributed by atoms with van der Waals surface area (Å²) in [6.45, 7) is 10.7. The molecule has 0 aromatic rings. The van der Waals surface area contributed by atoms with E-state index in [0.29, 0.717) is 17.6 Å². The van der Waals surface area contributed by atoms with E-state index in [-0.39, 0.29) is 6.04 Å². The molecule has 0 aliphatic rings. The molecule has 0 heterocycles. The number of nitrogens with one attached hydrogen (secondary N) is 2. The summed E-state index contributed by atoms with van der Waals surface area (Å²) in [5.74, 6) is 0.608. The van der Waals surface area contributed by atoms with Gasteiger partial charge in [0.25, 0.3) is 0 Å². The zero-order valence-electron chi connectivity index (χ0n) is 9.59. The minimum Gasteiger partial charge on any atom is -0.380 e. The Morgan fingerprint density at radius 1 is 1.36 bits per heavy atom. The molecule has 2 N–H and O–H groups in total. The van der Waals surface area contributed by atoms with E-state index in [1.807, 2.05) is 6.92 Å². The van der Waals surface area contributed by atoms with Crippen LogP contribution in [0.5, 0.6) is 0 Å². The first-order valence-corrected chi connectivity index (χ1v) is 5.59. The van der Waals surface area contributed by atoms with Gasteiger partial charge in [-0.15, -0.1) is 0 Å². The number of thiocarbonyl (C=S) groups is 1. The third-order valence-corrected chi connectivity index (χ3v) is 1.88. The average molecular weight is 218 g/mol. The lowest BCUT2D eigenvalue weighted by Crippen LogP contribution is -2.43. The molecule has 0 aliphatic carbocycles. The van der Waals surface area contributed by atoms with Gasteiger partial charge in [-0.1, -0.05) is 13.8 Å². The Balaban J connectivity index is 3.50. The molecule has 1 unspecified atom stereocenters. The standard InChI is InChI=1S/C10H22N2OS/c1-5-13-7-9(4)12-10(14)11-6-8(2)3/h8-9H,5-7H2,1-4H3,(H2,11,12,14). The van der Waals surface area contributed by atoms with Crippen LogP contribution in [0.3, 0.4) is 0 Å². The van der Waals surface area contributed by atoms with Gasteiger partial charge in [0.1, 0.15) is 0 Å². The van der Waals surface area contributed by atoms with Gasteiger partial charge in [0.15, 0.2) is 5.11 Å². The predicted octanol–water partition coefficient (Wildman–Crippen LogP) is 1.53. The van der Waals surface area contributed by atoms with Crippen molar-refractivity contribution in [2.24, 2.45) is 5.92 Å². The lowest BCUT2D eigenvalue weighted by Gasteiger charge is -2.17. The summed E-state index contributed by atoms with van der Waals surface area (Å²) in [5, 5.41) is 7.03. The molecular weight excluding hydrogens is 196 g/mol. The molecule has 3 nitrogen and oxygen atoms in total. The maximum atomic E-state index is 5.27. The minimum absolute atomic E-state index is 0.266. The smallest absolute Gasteiger partial charge is 0.166 e. The molecule has 14 heavy (non-hydrogen) atoms. The number of hydrogen-bond donors (Lipinski definition) is 2. The fourth-order valence-electron chi connectivity index (χ4n) is 0.908. The molecule has 0 aromatic heterocycles. The van der Waals surface area contributed by atoms with Crippen LogP contribution in [0.15, 0.2) is 0 Å². The zero-order chi connectivity index (χ0) is 11.0. The van der Waals surface area contributed by atoms with Gasteiger partial charge in [-0.05, 0) is 32.0 Å². The van der Waals surface area contributed by atoms with Crippen molar-refractivity contribution in [3.63, 3.8) is 0 Å². The van der Waals surface area contributed by atoms with Crippen LogP contribution in [-0.4, -0.2) is 30.9 Å². The highest BCUT2D eigenvalue weighted by Crippen LogP contribution is 1.88. The maximum absolute atomic E-state index is 5.27. The molecule has 0 saturated heterocycles. The second-order valence-electron chi connectivity index (χ2n) is 3.81. The summed E-state index contributed by atoms with van der Waals surface area (Å²) in [4.78, 5) is 0. The molecule has 0 radical (unpaired) electrons. The van der Waals surface area contributed by atoms with Crippen LogP contribution in [0.1, 0.15) is 27.7 Å². The van der Waals surface area contributed by atoms with E-state index in [0.717, 1.165) is 13.2 Å². The molecule has 0 saturated carbocycles.